The zero-order valence-corrected chi connectivity index (χ0v) is 12.9. The van der Waals surface area contributed by atoms with E-state index in [0.29, 0.717) is 18.5 Å². The lowest BCUT2D eigenvalue weighted by molar-refractivity contribution is 0.326. The zero-order chi connectivity index (χ0) is 14.9. The lowest BCUT2D eigenvalue weighted by Crippen LogP contribution is -2.24. The molecule has 1 atom stereocenters. The van der Waals surface area contributed by atoms with Crippen LogP contribution in [-0.2, 0) is 6.42 Å². The summed E-state index contributed by atoms with van der Waals surface area (Å²) in [4.78, 5) is 4.33. The largest absolute Gasteiger partial charge is 0.478 e. The van der Waals surface area contributed by atoms with Gasteiger partial charge in [-0.2, -0.15) is 0 Å². The summed E-state index contributed by atoms with van der Waals surface area (Å²) in [6.07, 6.45) is 2.95. The maximum atomic E-state index is 5.39. The number of nitrogens with one attached hydrogen (secondary N) is 1. The molecule has 1 aromatic heterocycles. The van der Waals surface area contributed by atoms with Crippen molar-refractivity contribution in [2.75, 3.05) is 11.9 Å². The minimum Gasteiger partial charge on any atom is -0.478 e. The molecule has 1 aliphatic carbocycles. The number of hydrogen-bond acceptors (Lipinski definition) is 3. The maximum Gasteiger partial charge on any atom is 0.213 e. The van der Waals surface area contributed by atoms with Crippen LogP contribution in [0.3, 0.4) is 0 Å². The van der Waals surface area contributed by atoms with Gasteiger partial charge in [-0.05, 0) is 36.0 Å². The molecular formula is C18H22N2O. The molecule has 0 aliphatic heterocycles. The fourth-order valence-corrected chi connectivity index (χ4v) is 3.13. The molecule has 0 spiro atoms. The normalized spacial score (nSPS) is 19.1. The molecule has 0 amide bonds. The van der Waals surface area contributed by atoms with Gasteiger partial charge in [-0.1, -0.05) is 38.1 Å². The Hall–Kier alpha value is -2.03. The molecule has 1 aromatic carbocycles. The van der Waals surface area contributed by atoms with E-state index in [1.165, 1.54) is 11.1 Å². The van der Waals surface area contributed by atoms with Crippen molar-refractivity contribution in [3.8, 4) is 5.88 Å². The van der Waals surface area contributed by atoms with Crippen molar-refractivity contribution in [1.29, 1.82) is 0 Å². The summed E-state index contributed by atoms with van der Waals surface area (Å²) in [5.74, 6) is 0.675. The average molecular weight is 282 g/mol. The van der Waals surface area contributed by atoms with Crippen LogP contribution in [0.25, 0.3) is 0 Å². The van der Waals surface area contributed by atoms with Gasteiger partial charge >= 0.3 is 0 Å². The Morgan fingerprint density at radius 3 is 2.76 bits per heavy atom. The highest BCUT2D eigenvalue weighted by Crippen LogP contribution is 2.46. The third-order valence-electron chi connectivity index (χ3n) is 4.13. The van der Waals surface area contributed by atoms with Crippen molar-refractivity contribution in [1.82, 2.24) is 4.98 Å². The number of pyridine rings is 1. The first-order chi connectivity index (χ1) is 10.1. The van der Waals surface area contributed by atoms with Crippen LogP contribution in [-0.4, -0.2) is 11.6 Å². The first-order valence-electron chi connectivity index (χ1n) is 7.53. The number of nitrogens with zero attached hydrogens (tertiary/aromatic N) is 1. The van der Waals surface area contributed by atoms with E-state index in [2.05, 4.69) is 48.4 Å². The van der Waals surface area contributed by atoms with E-state index >= 15 is 0 Å². The first kappa shape index (κ1) is 13.9. The first-order valence-corrected chi connectivity index (χ1v) is 7.53. The Balaban J connectivity index is 1.83. The molecular weight excluding hydrogens is 260 g/mol. The van der Waals surface area contributed by atoms with Crippen LogP contribution in [0.1, 0.15) is 37.9 Å². The highest BCUT2D eigenvalue weighted by Gasteiger charge is 2.38. The molecule has 0 fully saturated rings. The van der Waals surface area contributed by atoms with Gasteiger partial charge in [0.15, 0.2) is 0 Å². The second-order valence-corrected chi connectivity index (χ2v) is 6.26. The van der Waals surface area contributed by atoms with E-state index < -0.39 is 0 Å². The number of aromatic nitrogens is 1. The lowest BCUT2D eigenvalue weighted by atomic mass is 9.85. The van der Waals surface area contributed by atoms with Crippen LogP contribution in [0.2, 0.25) is 0 Å². The molecule has 0 radical (unpaired) electrons. The van der Waals surface area contributed by atoms with Gasteiger partial charge in [0, 0.05) is 6.07 Å². The highest BCUT2D eigenvalue weighted by molar-refractivity contribution is 5.49. The minimum atomic E-state index is 0.197. The number of ether oxygens (including phenoxy) is 1. The molecule has 3 heteroatoms. The van der Waals surface area contributed by atoms with Crippen molar-refractivity contribution in [2.45, 2.75) is 33.2 Å². The van der Waals surface area contributed by atoms with E-state index in [4.69, 9.17) is 4.74 Å². The van der Waals surface area contributed by atoms with Crippen LogP contribution >= 0.6 is 0 Å². The van der Waals surface area contributed by atoms with Crippen LogP contribution in [0, 0.1) is 5.41 Å². The van der Waals surface area contributed by atoms with Crippen LogP contribution in [0.5, 0.6) is 5.88 Å². The molecule has 0 saturated carbocycles. The van der Waals surface area contributed by atoms with E-state index in [0.717, 1.165) is 12.1 Å². The van der Waals surface area contributed by atoms with Gasteiger partial charge < -0.3 is 10.1 Å². The molecule has 2 aromatic rings. The predicted molar refractivity (Wildman–Crippen MR) is 85.7 cm³/mol. The number of rotatable bonds is 4. The summed E-state index contributed by atoms with van der Waals surface area (Å²) in [6.45, 7) is 7.23. The monoisotopic (exact) mass is 282 g/mol. The molecule has 21 heavy (non-hydrogen) atoms. The average Bonchev–Trinajstić information content (AvgIpc) is 2.72. The number of fused-ring (bicyclic) bond motifs is 1. The number of hydrogen-bond donors (Lipinski definition) is 1. The predicted octanol–water partition coefficient (Wildman–Crippen LogP) is 4.22. The molecule has 110 valence electrons. The Bertz CT molecular complexity index is 619. The quantitative estimate of drug-likeness (QED) is 0.912. The van der Waals surface area contributed by atoms with Crippen molar-refractivity contribution in [3.63, 3.8) is 0 Å². The highest BCUT2D eigenvalue weighted by atomic mass is 16.5. The Morgan fingerprint density at radius 1 is 1.24 bits per heavy atom. The Labute approximate surface area is 126 Å². The van der Waals surface area contributed by atoms with Crippen molar-refractivity contribution >= 4 is 5.69 Å². The lowest BCUT2D eigenvalue weighted by Gasteiger charge is -2.29. The summed E-state index contributed by atoms with van der Waals surface area (Å²) >= 11 is 0. The van der Waals surface area contributed by atoms with Crippen LogP contribution in [0.15, 0.2) is 42.6 Å². The molecule has 1 heterocycles. The summed E-state index contributed by atoms with van der Waals surface area (Å²) < 4.78 is 5.39. The number of benzene rings is 1. The standard InChI is InChI=1S/C18H22N2O/c1-4-21-16-10-9-14(12-19-16)20-17-15-8-6-5-7-13(15)11-18(17,2)3/h5-10,12,17,20H,4,11H2,1-3H3. The molecule has 1 unspecified atom stereocenters. The van der Waals surface area contributed by atoms with Crippen molar-refractivity contribution < 1.29 is 4.74 Å². The molecule has 1 aliphatic rings. The summed E-state index contributed by atoms with van der Waals surface area (Å²) in [6, 6.07) is 13.0. The second-order valence-electron chi connectivity index (χ2n) is 6.26. The van der Waals surface area contributed by atoms with Gasteiger partial charge in [-0.3, -0.25) is 0 Å². The van der Waals surface area contributed by atoms with Gasteiger partial charge in [0.05, 0.1) is 24.5 Å². The van der Waals surface area contributed by atoms with E-state index in [1.54, 1.807) is 0 Å². The van der Waals surface area contributed by atoms with Gasteiger partial charge in [0.1, 0.15) is 0 Å². The zero-order valence-electron chi connectivity index (χ0n) is 12.9. The van der Waals surface area contributed by atoms with Gasteiger partial charge in [-0.15, -0.1) is 0 Å². The Kier molecular flexibility index (Phi) is 3.58. The molecule has 0 saturated heterocycles. The molecule has 1 N–H and O–H groups in total. The topological polar surface area (TPSA) is 34.1 Å². The van der Waals surface area contributed by atoms with E-state index in [1.807, 2.05) is 25.3 Å². The number of anilines is 1. The minimum absolute atomic E-state index is 0.197. The third kappa shape index (κ3) is 2.73. The summed E-state index contributed by atoms with van der Waals surface area (Å²) in [5.41, 5.74) is 4.07. The van der Waals surface area contributed by atoms with Gasteiger partial charge in [0.25, 0.3) is 0 Å². The van der Waals surface area contributed by atoms with Gasteiger partial charge in [-0.25, -0.2) is 4.98 Å². The fraction of sp³-hybridized carbons (Fsp3) is 0.389. The molecule has 3 nitrogen and oxygen atoms in total. The fourth-order valence-electron chi connectivity index (χ4n) is 3.13. The van der Waals surface area contributed by atoms with E-state index in [9.17, 15) is 0 Å². The maximum absolute atomic E-state index is 5.39. The smallest absolute Gasteiger partial charge is 0.213 e. The van der Waals surface area contributed by atoms with Crippen molar-refractivity contribution in [3.05, 3.63) is 53.7 Å². The third-order valence-corrected chi connectivity index (χ3v) is 4.13. The summed E-state index contributed by atoms with van der Waals surface area (Å²) in [5, 5.41) is 3.64. The summed E-state index contributed by atoms with van der Waals surface area (Å²) in [7, 11) is 0. The van der Waals surface area contributed by atoms with Crippen LogP contribution in [0.4, 0.5) is 5.69 Å². The SMILES string of the molecule is CCOc1ccc(NC2c3ccccc3CC2(C)C)cn1. The van der Waals surface area contributed by atoms with E-state index in [-0.39, 0.29) is 5.41 Å². The second kappa shape index (κ2) is 5.40. The van der Waals surface area contributed by atoms with Crippen LogP contribution < -0.4 is 10.1 Å². The Morgan fingerprint density at radius 2 is 2.05 bits per heavy atom. The van der Waals surface area contributed by atoms with Crippen molar-refractivity contribution in [2.24, 2.45) is 5.41 Å². The molecule has 3 rings (SSSR count). The molecule has 0 bridgehead atoms. The van der Waals surface area contributed by atoms with Gasteiger partial charge in [0.2, 0.25) is 5.88 Å².